The summed E-state index contributed by atoms with van der Waals surface area (Å²) in [5.74, 6) is -0.0761. The Hall–Kier alpha value is -1.85. The summed E-state index contributed by atoms with van der Waals surface area (Å²) in [4.78, 5) is 18.0. The first-order chi connectivity index (χ1) is 10.9. The van der Waals surface area contributed by atoms with Crippen molar-refractivity contribution in [2.45, 2.75) is 39.8 Å². The normalized spacial score (nSPS) is 21.1. The summed E-state index contributed by atoms with van der Waals surface area (Å²) in [6.45, 7) is 9.22. The third kappa shape index (κ3) is 2.64. The van der Waals surface area contributed by atoms with Crippen LogP contribution in [-0.4, -0.2) is 52.8 Å². The van der Waals surface area contributed by atoms with Crippen molar-refractivity contribution in [2.75, 3.05) is 19.8 Å². The van der Waals surface area contributed by atoms with Crippen molar-refractivity contribution in [3.05, 3.63) is 34.5 Å². The number of likely N-dealkylation sites (N-methyl/N-ethyl adjacent to an activating group) is 1. The molecular weight excluding hydrogens is 292 g/mol. The number of amides is 1. The highest BCUT2D eigenvalue weighted by Gasteiger charge is 2.35. The van der Waals surface area contributed by atoms with Crippen molar-refractivity contribution >= 4 is 16.8 Å². The minimum atomic E-state index is -0.618. The van der Waals surface area contributed by atoms with Gasteiger partial charge in [-0.25, -0.2) is 0 Å². The zero-order chi connectivity index (χ0) is 16.7. The number of aryl methyl sites for hydroxylation is 3. The van der Waals surface area contributed by atoms with Gasteiger partial charge in [-0.2, -0.15) is 0 Å². The number of rotatable bonds is 3. The second-order valence-corrected chi connectivity index (χ2v) is 6.39. The first-order valence-electron chi connectivity index (χ1n) is 8.10. The van der Waals surface area contributed by atoms with E-state index in [0.717, 1.165) is 22.0 Å². The number of fused-ring (bicyclic) bond motifs is 1. The number of carbonyl (C=O) groups is 1. The number of hydrogen-bond acceptors (Lipinski definition) is 3. The van der Waals surface area contributed by atoms with Gasteiger partial charge in [-0.3, -0.25) is 4.79 Å². The molecule has 2 heterocycles. The number of aliphatic hydroxyl groups excluding tert-OH is 1. The monoisotopic (exact) mass is 316 g/mol. The Morgan fingerprint density at radius 3 is 2.70 bits per heavy atom. The molecule has 5 nitrogen and oxygen atoms in total. The number of nitrogens with one attached hydrogen (secondary N) is 1. The molecule has 0 bridgehead atoms. The summed E-state index contributed by atoms with van der Waals surface area (Å²) < 4.78 is 5.31. The van der Waals surface area contributed by atoms with Gasteiger partial charge < -0.3 is 19.7 Å². The van der Waals surface area contributed by atoms with Crippen LogP contribution in [0.2, 0.25) is 0 Å². The van der Waals surface area contributed by atoms with Gasteiger partial charge in [0.25, 0.3) is 5.91 Å². The summed E-state index contributed by atoms with van der Waals surface area (Å²) in [5, 5.41) is 11.1. The lowest BCUT2D eigenvalue weighted by atomic mass is 10.1. The summed E-state index contributed by atoms with van der Waals surface area (Å²) in [6.07, 6.45) is -0.618. The van der Waals surface area contributed by atoms with Crippen molar-refractivity contribution in [3.8, 4) is 0 Å². The van der Waals surface area contributed by atoms with Gasteiger partial charge in [0.15, 0.2) is 0 Å². The highest BCUT2D eigenvalue weighted by molar-refractivity contribution is 6.02. The van der Waals surface area contributed by atoms with E-state index in [4.69, 9.17) is 4.74 Å². The van der Waals surface area contributed by atoms with Crippen LogP contribution in [0.4, 0.5) is 0 Å². The molecular formula is C18H24N2O3. The molecule has 0 radical (unpaired) electrons. The average molecular weight is 316 g/mol. The maximum atomic E-state index is 13.0. The van der Waals surface area contributed by atoms with E-state index in [0.29, 0.717) is 25.5 Å². The Bertz CT molecular complexity index is 750. The van der Waals surface area contributed by atoms with E-state index in [1.165, 1.54) is 5.56 Å². The molecule has 1 aromatic heterocycles. The fraction of sp³-hybridized carbons (Fsp3) is 0.500. The number of aromatic nitrogens is 1. The minimum absolute atomic E-state index is 0.0761. The van der Waals surface area contributed by atoms with Gasteiger partial charge in [0.05, 0.1) is 25.4 Å². The van der Waals surface area contributed by atoms with Crippen molar-refractivity contribution in [2.24, 2.45) is 0 Å². The van der Waals surface area contributed by atoms with Crippen molar-refractivity contribution < 1.29 is 14.6 Å². The third-order valence-corrected chi connectivity index (χ3v) is 4.75. The second kappa shape index (κ2) is 5.98. The molecule has 0 aliphatic carbocycles. The van der Waals surface area contributed by atoms with Crippen LogP contribution in [0.25, 0.3) is 10.9 Å². The summed E-state index contributed by atoms with van der Waals surface area (Å²) >= 11 is 0. The van der Waals surface area contributed by atoms with Crippen LogP contribution in [-0.2, 0) is 4.74 Å². The number of carbonyl (C=O) groups excluding carboxylic acids is 1. The molecule has 5 heteroatoms. The molecule has 1 fully saturated rings. The van der Waals surface area contributed by atoms with Crippen molar-refractivity contribution in [3.63, 3.8) is 0 Å². The minimum Gasteiger partial charge on any atom is -0.388 e. The molecule has 1 aliphatic heterocycles. The van der Waals surface area contributed by atoms with Crippen LogP contribution in [0.5, 0.6) is 0 Å². The number of ether oxygens (including phenoxy) is 1. The van der Waals surface area contributed by atoms with E-state index < -0.39 is 6.10 Å². The lowest BCUT2D eigenvalue weighted by Gasteiger charge is -2.28. The molecule has 124 valence electrons. The third-order valence-electron chi connectivity index (χ3n) is 4.75. The molecule has 2 N–H and O–H groups in total. The molecule has 1 saturated heterocycles. The fourth-order valence-corrected chi connectivity index (χ4v) is 3.50. The van der Waals surface area contributed by atoms with Crippen molar-refractivity contribution in [1.29, 1.82) is 0 Å². The SMILES string of the molecule is CCN(C(=O)c1[nH]c2c(C)cc(C)cc2c1C)[C@@H]1COC[C@H]1O. The maximum absolute atomic E-state index is 13.0. The lowest BCUT2D eigenvalue weighted by molar-refractivity contribution is 0.0515. The Balaban J connectivity index is 2.03. The Morgan fingerprint density at radius 2 is 2.09 bits per heavy atom. The van der Waals surface area contributed by atoms with Crippen LogP contribution < -0.4 is 0 Å². The number of nitrogens with zero attached hydrogens (tertiary/aromatic N) is 1. The summed E-state index contributed by atoms with van der Waals surface area (Å²) in [6, 6.07) is 3.94. The zero-order valence-corrected chi connectivity index (χ0v) is 14.1. The molecule has 0 unspecified atom stereocenters. The van der Waals surface area contributed by atoms with Crippen LogP contribution >= 0.6 is 0 Å². The van der Waals surface area contributed by atoms with Crippen molar-refractivity contribution in [1.82, 2.24) is 9.88 Å². The van der Waals surface area contributed by atoms with Gasteiger partial charge in [-0.15, -0.1) is 0 Å². The van der Waals surface area contributed by atoms with Gasteiger partial charge in [-0.1, -0.05) is 11.6 Å². The number of benzene rings is 1. The van der Waals surface area contributed by atoms with E-state index in [1.54, 1.807) is 4.90 Å². The smallest absolute Gasteiger partial charge is 0.270 e. The van der Waals surface area contributed by atoms with Gasteiger partial charge in [0.2, 0.25) is 0 Å². The molecule has 0 spiro atoms. The van der Waals surface area contributed by atoms with Gasteiger partial charge >= 0.3 is 0 Å². The predicted octanol–water partition coefficient (Wildman–Crippen LogP) is 2.31. The van der Waals surface area contributed by atoms with Crippen LogP contribution in [0.3, 0.4) is 0 Å². The Labute approximate surface area is 136 Å². The molecule has 2 aromatic rings. The van der Waals surface area contributed by atoms with E-state index in [9.17, 15) is 9.90 Å². The quantitative estimate of drug-likeness (QED) is 0.913. The van der Waals surface area contributed by atoms with Crippen LogP contribution in [0.1, 0.15) is 34.1 Å². The molecule has 3 rings (SSSR count). The molecule has 1 aliphatic rings. The maximum Gasteiger partial charge on any atom is 0.270 e. The van der Waals surface area contributed by atoms with E-state index in [-0.39, 0.29) is 11.9 Å². The van der Waals surface area contributed by atoms with Gasteiger partial charge in [0, 0.05) is 17.4 Å². The standard InChI is InChI=1S/C18H24N2O3/c1-5-20(14-8-23-9-15(14)21)18(22)17-12(4)13-7-10(2)6-11(3)16(13)19-17/h6-7,14-15,19,21H,5,8-9H2,1-4H3/t14-,15-/m1/s1. The first kappa shape index (κ1) is 16.0. The topological polar surface area (TPSA) is 65.6 Å². The molecule has 1 amide bonds. The van der Waals surface area contributed by atoms with E-state index >= 15 is 0 Å². The van der Waals surface area contributed by atoms with E-state index in [1.807, 2.05) is 20.8 Å². The Morgan fingerprint density at radius 1 is 1.35 bits per heavy atom. The summed E-state index contributed by atoms with van der Waals surface area (Å²) in [5.41, 5.74) is 4.89. The highest BCUT2D eigenvalue weighted by Crippen LogP contribution is 2.27. The summed E-state index contributed by atoms with van der Waals surface area (Å²) in [7, 11) is 0. The highest BCUT2D eigenvalue weighted by atomic mass is 16.5. The fourth-order valence-electron chi connectivity index (χ4n) is 3.50. The molecule has 1 aromatic carbocycles. The van der Waals surface area contributed by atoms with E-state index in [2.05, 4.69) is 24.0 Å². The second-order valence-electron chi connectivity index (χ2n) is 6.39. The number of hydrogen-bond donors (Lipinski definition) is 2. The predicted molar refractivity (Wildman–Crippen MR) is 89.8 cm³/mol. The van der Waals surface area contributed by atoms with Gasteiger partial charge in [0.1, 0.15) is 5.69 Å². The van der Waals surface area contributed by atoms with Crippen LogP contribution in [0, 0.1) is 20.8 Å². The number of H-pyrrole nitrogens is 1. The lowest BCUT2D eigenvalue weighted by Crippen LogP contribution is -2.46. The number of aliphatic hydroxyl groups is 1. The zero-order valence-electron chi connectivity index (χ0n) is 14.1. The number of aromatic amines is 1. The largest absolute Gasteiger partial charge is 0.388 e. The molecule has 0 saturated carbocycles. The average Bonchev–Trinajstić information content (AvgIpc) is 3.05. The first-order valence-corrected chi connectivity index (χ1v) is 8.10. The van der Waals surface area contributed by atoms with Crippen LogP contribution in [0.15, 0.2) is 12.1 Å². The Kier molecular flexibility index (Phi) is 4.17. The molecule has 23 heavy (non-hydrogen) atoms. The van der Waals surface area contributed by atoms with Gasteiger partial charge in [-0.05, 0) is 44.9 Å². The molecule has 2 atom stereocenters.